The fraction of sp³-hybridized carbons (Fsp3) is 0.529. The van der Waals surface area contributed by atoms with E-state index in [1.54, 1.807) is 13.8 Å². The molecule has 2 aliphatic heterocycles. The zero-order chi connectivity index (χ0) is 30.9. The van der Waals surface area contributed by atoms with Gasteiger partial charge in [-0.15, -0.1) is 0 Å². The first-order valence-corrected chi connectivity index (χ1v) is 16.8. The number of hydrogen-bond acceptors (Lipinski definition) is 7. The van der Waals surface area contributed by atoms with E-state index in [4.69, 9.17) is 13.9 Å². The zero-order valence-electron chi connectivity index (χ0n) is 25.9. The molecular formula is C34H46O7Si. The number of rotatable bonds is 5. The molecule has 4 rings (SSSR count). The van der Waals surface area contributed by atoms with E-state index < -0.39 is 56.3 Å². The van der Waals surface area contributed by atoms with Crippen LogP contribution in [0.15, 0.2) is 72.3 Å². The monoisotopic (exact) mass is 594 g/mol. The Bertz CT molecular complexity index is 1240. The highest BCUT2D eigenvalue weighted by atomic mass is 28.4. The van der Waals surface area contributed by atoms with Gasteiger partial charge < -0.3 is 24.1 Å². The van der Waals surface area contributed by atoms with Gasteiger partial charge in [0.25, 0.3) is 8.32 Å². The summed E-state index contributed by atoms with van der Waals surface area (Å²) in [4.78, 5) is 27.0. The third-order valence-corrected chi connectivity index (χ3v) is 14.1. The van der Waals surface area contributed by atoms with Crippen LogP contribution in [-0.2, 0) is 23.5 Å². The number of cyclic esters (lactones) is 1. The number of ketones is 1. The summed E-state index contributed by atoms with van der Waals surface area (Å²) < 4.78 is 19.4. The predicted molar refractivity (Wildman–Crippen MR) is 165 cm³/mol. The standard InChI is InChI=1S/C34H46O7Si/c1-23-18-26(22-35)39-31(37)24(2)34(38)21-25(20-30(40-34)33(6,7)29(36)19-23)41-42(32(3,4)5,27-14-10-8-11-15-27)28-16-12-9-13-17-28/h8-17,19,24-26,30,35,38H,18,20-22H2,1-7H3/b23-19+/t24-,25-,26-,30-,34+/m1/s1. The minimum Gasteiger partial charge on any atom is -0.459 e. The summed E-state index contributed by atoms with van der Waals surface area (Å²) >= 11 is 0. The van der Waals surface area contributed by atoms with Crippen LogP contribution in [-0.4, -0.2) is 61.0 Å². The third-order valence-electron chi connectivity index (χ3n) is 8.99. The highest BCUT2D eigenvalue weighted by Crippen LogP contribution is 2.45. The largest absolute Gasteiger partial charge is 0.459 e. The van der Waals surface area contributed by atoms with Crippen LogP contribution < -0.4 is 10.4 Å². The number of fused-ring (bicyclic) bond motifs is 2. The summed E-state index contributed by atoms with van der Waals surface area (Å²) in [5.74, 6) is -3.87. The molecule has 2 heterocycles. The molecule has 0 unspecified atom stereocenters. The number of ether oxygens (including phenoxy) is 2. The maximum absolute atomic E-state index is 13.7. The van der Waals surface area contributed by atoms with Gasteiger partial charge in [0.15, 0.2) is 11.6 Å². The number of carbonyl (C=O) groups is 2. The number of allylic oxidation sites excluding steroid dienone is 1. The van der Waals surface area contributed by atoms with Gasteiger partial charge in [-0.1, -0.05) is 101 Å². The summed E-state index contributed by atoms with van der Waals surface area (Å²) in [7, 11) is -3.03. The van der Waals surface area contributed by atoms with Crippen molar-refractivity contribution in [2.45, 2.75) is 96.9 Å². The van der Waals surface area contributed by atoms with E-state index in [0.717, 1.165) is 10.4 Å². The third kappa shape index (κ3) is 6.19. The number of aliphatic hydroxyl groups is 2. The summed E-state index contributed by atoms with van der Waals surface area (Å²) in [5.41, 5.74) is -0.334. The van der Waals surface area contributed by atoms with Gasteiger partial charge in [-0.05, 0) is 41.8 Å². The SMILES string of the molecule is C/C1=C\C(=O)C(C)(C)[C@H]2C[C@@H](O[Si](c3ccccc3)(c3ccccc3)C(C)(C)C)C[C@](O)(O2)[C@H](C)C(=O)O[C@@H](CO)C1. The Morgan fingerprint density at radius 2 is 1.55 bits per heavy atom. The number of aliphatic hydroxyl groups excluding tert-OH is 1. The van der Waals surface area contributed by atoms with Crippen LogP contribution in [0.4, 0.5) is 0 Å². The van der Waals surface area contributed by atoms with Gasteiger partial charge in [0.2, 0.25) is 0 Å². The molecule has 2 aromatic rings. The molecule has 228 valence electrons. The highest BCUT2D eigenvalue weighted by molar-refractivity contribution is 6.99. The molecule has 0 spiro atoms. The Kier molecular flexibility index (Phi) is 9.36. The van der Waals surface area contributed by atoms with Crippen molar-refractivity contribution in [3.05, 3.63) is 72.3 Å². The van der Waals surface area contributed by atoms with Crippen LogP contribution in [0.2, 0.25) is 5.04 Å². The topological polar surface area (TPSA) is 102 Å². The summed E-state index contributed by atoms with van der Waals surface area (Å²) in [6.07, 6.45) is 0.0332. The van der Waals surface area contributed by atoms with Crippen molar-refractivity contribution in [3.63, 3.8) is 0 Å². The molecule has 7 nitrogen and oxygen atoms in total. The Morgan fingerprint density at radius 1 is 1.00 bits per heavy atom. The van der Waals surface area contributed by atoms with E-state index in [2.05, 4.69) is 45.0 Å². The van der Waals surface area contributed by atoms with Gasteiger partial charge in [0, 0.05) is 12.8 Å². The molecule has 0 amide bonds. The number of carbonyl (C=O) groups excluding carboxylic acids is 2. The fourth-order valence-corrected chi connectivity index (χ4v) is 11.0. The van der Waals surface area contributed by atoms with Crippen molar-refractivity contribution in [2.75, 3.05) is 6.61 Å². The molecule has 42 heavy (non-hydrogen) atoms. The quantitative estimate of drug-likeness (QED) is 0.394. The first-order chi connectivity index (χ1) is 19.6. The van der Waals surface area contributed by atoms with Crippen molar-refractivity contribution < 1.29 is 33.7 Å². The first kappa shape index (κ1) is 32.3. The summed E-state index contributed by atoms with van der Waals surface area (Å²) in [6, 6.07) is 20.5. The maximum atomic E-state index is 13.7. The summed E-state index contributed by atoms with van der Waals surface area (Å²) in [6.45, 7) is 13.1. The van der Waals surface area contributed by atoms with Crippen LogP contribution in [0.3, 0.4) is 0 Å². The van der Waals surface area contributed by atoms with Crippen LogP contribution in [0.25, 0.3) is 0 Å². The van der Waals surface area contributed by atoms with Crippen molar-refractivity contribution in [2.24, 2.45) is 11.3 Å². The van der Waals surface area contributed by atoms with Crippen LogP contribution in [0.5, 0.6) is 0 Å². The average Bonchev–Trinajstić information content (AvgIpc) is 2.94. The maximum Gasteiger partial charge on any atom is 0.314 e. The molecule has 2 aliphatic rings. The van der Waals surface area contributed by atoms with Gasteiger partial charge >= 0.3 is 5.97 Å². The lowest BCUT2D eigenvalue weighted by Crippen LogP contribution is -2.69. The molecule has 0 aliphatic carbocycles. The van der Waals surface area contributed by atoms with Crippen molar-refractivity contribution in [1.29, 1.82) is 0 Å². The van der Waals surface area contributed by atoms with Crippen molar-refractivity contribution in [3.8, 4) is 0 Å². The van der Waals surface area contributed by atoms with Crippen LogP contribution >= 0.6 is 0 Å². The van der Waals surface area contributed by atoms with Gasteiger partial charge in [-0.25, -0.2) is 0 Å². The average molecular weight is 595 g/mol. The minimum atomic E-state index is -3.03. The Balaban J connectivity index is 1.86. The van der Waals surface area contributed by atoms with E-state index in [1.165, 1.54) is 6.08 Å². The molecule has 1 saturated heterocycles. The lowest BCUT2D eigenvalue weighted by molar-refractivity contribution is -0.305. The van der Waals surface area contributed by atoms with Crippen molar-refractivity contribution in [1.82, 2.24) is 0 Å². The number of esters is 1. The van der Waals surface area contributed by atoms with Gasteiger partial charge in [-0.3, -0.25) is 9.59 Å². The molecule has 2 bridgehead atoms. The smallest absolute Gasteiger partial charge is 0.314 e. The molecule has 1 fully saturated rings. The number of benzene rings is 2. The molecule has 8 heteroatoms. The van der Waals surface area contributed by atoms with E-state index in [9.17, 15) is 19.8 Å². The van der Waals surface area contributed by atoms with E-state index in [0.29, 0.717) is 12.0 Å². The highest BCUT2D eigenvalue weighted by Gasteiger charge is 2.57. The molecule has 5 atom stereocenters. The van der Waals surface area contributed by atoms with Gasteiger partial charge in [-0.2, -0.15) is 0 Å². The van der Waals surface area contributed by atoms with Gasteiger partial charge in [0.05, 0.1) is 24.2 Å². The van der Waals surface area contributed by atoms with Crippen LogP contribution in [0.1, 0.15) is 67.7 Å². The normalized spacial score (nSPS) is 30.4. The first-order valence-electron chi connectivity index (χ1n) is 14.9. The zero-order valence-corrected chi connectivity index (χ0v) is 26.9. The molecule has 0 radical (unpaired) electrons. The molecular weight excluding hydrogens is 548 g/mol. The van der Waals surface area contributed by atoms with E-state index in [1.807, 2.05) is 50.2 Å². The second kappa shape index (κ2) is 12.2. The molecule has 0 aromatic heterocycles. The lowest BCUT2D eigenvalue weighted by atomic mass is 9.75. The van der Waals surface area contributed by atoms with E-state index >= 15 is 0 Å². The second-order valence-corrected chi connectivity index (χ2v) is 17.8. The second-order valence-electron chi connectivity index (χ2n) is 13.5. The number of hydrogen-bond donors (Lipinski definition) is 2. The summed E-state index contributed by atoms with van der Waals surface area (Å²) in [5, 5.41) is 23.9. The van der Waals surface area contributed by atoms with Crippen LogP contribution in [0, 0.1) is 11.3 Å². The van der Waals surface area contributed by atoms with E-state index in [-0.39, 0.29) is 23.7 Å². The Morgan fingerprint density at radius 3 is 2.05 bits per heavy atom. The molecule has 0 saturated carbocycles. The Labute approximate surface area is 251 Å². The predicted octanol–water partition coefficient (Wildman–Crippen LogP) is 4.28. The Hall–Kier alpha value is -2.62. The molecule has 2 aromatic carbocycles. The molecule has 2 N–H and O–H groups in total. The fourth-order valence-electron chi connectivity index (χ4n) is 6.32. The van der Waals surface area contributed by atoms with Crippen molar-refractivity contribution >= 4 is 30.4 Å². The minimum absolute atomic E-state index is 0.0210. The van der Waals surface area contributed by atoms with Gasteiger partial charge in [0.1, 0.15) is 12.0 Å². The lowest BCUT2D eigenvalue weighted by Gasteiger charge is -2.51.